The Morgan fingerprint density at radius 2 is 2.22 bits per heavy atom. The van der Waals surface area contributed by atoms with E-state index in [9.17, 15) is 0 Å². The van der Waals surface area contributed by atoms with E-state index in [1.807, 2.05) is 4.40 Å². The quantitative estimate of drug-likeness (QED) is 0.678. The molecule has 0 saturated heterocycles. The van der Waals surface area contributed by atoms with Gasteiger partial charge in [0.05, 0.1) is 6.33 Å². The van der Waals surface area contributed by atoms with Crippen molar-refractivity contribution in [2.75, 3.05) is 6.54 Å². The zero-order chi connectivity index (χ0) is 12.2. The average molecular weight is 243 g/mol. The van der Waals surface area contributed by atoms with Gasteiger partial charge in [0.2, 0.25) is 0 Å². The highest BCUT2D eigenvalue weighted by atomic mass is 15.3. The van der Waals surface area contributed by atoms with Crippen LogP contribution in [0.1, 0.15) is 25.1 Å². The van der Waals surface area contributed by atoms with Gasteiger partial charge in [-0.25, -0.2) is 9.97 Å². The van der Waals surface area contributed by atoms with Crippen molar-refractivity contribution in [2.24, 2.45) is 5.73 Å². The number of hydrogen-bond donors (Lipinski definition) is 2. The number of nitrogens with one attached hydrogen (secondary N) is 1. The molecule has 1 aliphatic rings. The molecule has 1 saturated carbocycles. The van der Waals surface area contributed by atoms with E-state index in [4.69, 9.17) is 5.73 Å². The van der Waals surface area contributed by atoms with Crippen molar-refractivity contribution in [1.82, 2.24) is 29.5 Å². The third kappa shape index (κ3) is 1.07. The van der Waals surface area contributed by atoms with E-state index in [0.29, 0.717) is 12.2 Å². The van der Waals surface area contributed by atoms with Gasteiger partial charge >= 0.3 is 0 Å². The third-order valence-corrected chi connectivity index (χ3v) is 4.01. The summed E-state index contributed by atoms with van der Waals surface area (Å²) in [6, 6.07) is 0. The predicted octanol–water partition coefficient (Wildman–Crippen LogP) is 0.381. The highest BCUT2D eigenvalue weighted by Gasteiger charge is 2.41. The third-order valence-electron chi connectivity index (χ3n) is 4.01. The summed E-state index contributed by atoms with van der Waals surface area (Å²) in [5.41, 5.74) is 8.16. The summed E-state index contributed by atoms with van der Waals surface area (Å²) in [5.74, 6) is 0.926. The Balaban J connectivity index is 2.02. The lowest BCUT2D eigenvalue weighted by Crippen LogP contribution is -2.43. The molecule has 0 aliphatic heterocycles. The van der Waals surface area contributed by atoms with Crippen LogP contribution in [0.4, 0.5) is 0 Å². The number of rotatable bonds is 2. The number of nitrogens with two attached hydrogens (primary N) is 1. The zero-order valence-corrected chi connectivity index (χ0v) is 9.80. The van der Waals surface area contributed by atoms with Crippen LogP contribution >= 0.6 is 0 Å². The normalized spacial score (nSPS) is 18.3. The fraction of sp³-hybridized carbons (Fsp3) is 0.455. The summed E-state index contributed by atoms with van der Waals surface area (Å²) in [6.45, 7) is 0.606. The van der Waals surface area contributed by atoms with E-state index in [1.165, 1.54) is 6.42 Å². The van der Waals surface area contributed by atoms with Crippen molar-refractivity contribution in [3.63, 3.8) is 0 Å². The lowest BCUT2D eigenvalue weighted by molar-refractivity contribution is 0.236. The number of fused-ring (bicyclic) bond motifs is 3. The van der Waals surface area contributed by atoms with Crippen molar-refractivity contribution in [1.29, 1.82) is 0 Å². The van der Waals surface area contributed by atoms with Crippen molar-refractivity contribution in [3.8, 4) is 0 Å². The van der Waals surface area contributed by atoms with Crippen molar-refractivity contribution < 1.29 is 0 Å². The molecule has 3 N–H and O–H groups in total. The van der Waals surface area contributed by atoms with Crippen LogP contribution in [-0.2, 0) is 5.41 Å². The molecular weight excluding hydrogens is 230 g/mol. The Morgan fingerprint density at radius 1 is 1.33 bits per heavy atom. The molecule has 3 heterocycles. The van der Waals surface area contributed by atoms with Crippen molar-refractivity contribution in [3.05, 3.63) is 18.5 Å². The lowest BCUT2D eigenvalue weighted by atomic mass is 9.68. The molecular formula is C11H13N7. The largest absolute Gasteiger partial charge is 0.340 e. The van der Waals surface area contributed by atoms with Gasteiger partial charge in [-0.15, -0.1) is 10.2 Å². The molecule has 0 unspecified atom stereocenters. The molecule has 0 radical (unpaired) electrons. The van der Waals surface area contributed by atoms with E-state index in [0.717, 1.165) is 29.8 Å². The van der Waals surface area contributed by atoms with Gasteiger partial charge in [-0.05, 0) is 12.8 Å². The maximum atomic E-state index is 5.92. The smallest absolute Gasteiger partial charge is 0.189 e. The number of hydrogen-bond acceptors (Lipinski definition) is 5. The Labute approximate surface area is 102 Å². The molecule has 18 heavy (non-hydrogen) atoms. The van der Waals surface area contributed by atoms with Gasteiger partial charge in [-0.1, -0.05) is 6.42 Å². The molecule has 0 bridgehead atoms. The predicted molar refractivity (Wildman–Crippen MR) is 65.0 cm³/mol. The molecule has 0 aromatic carbocycles. The highest BCUT2D eigenvalue weighted by Crippen LogP contribution is 2.42. The van der Waals surface area contributed by atoms with E-state index in [1.54, 1.807) is 12.7 Å². The van der Waals surface area contributed by atoms with E-state index in [-0.39, 0.29) is 5.41 Å². The fourth-order valence-corrected chi connectivity index (χ4v) is 2.72. The maximum absolute atomic E-state index is 5.92. The number of nitrogens with zero attached hydrogens (tertiary/aromatic N) is 5. The van der Waals surface area contributed by atoms with Crippen LogP contribution in [0.5, 0.6) is 0 Å². The molecule has 7 nitrogen and oxygen atoms in total. The number of imidazole rings is 1. The summed E-state index contributed by atoms with van der Waals surface area (Å²) in [6.07, 6.45) is 6.71. The molecule has 7 heteroatoms. The highest BCUT2D eigenvalue weighted by molar-refractivity contribution is 5.84. The van der Waals surface area contributed by atoms with Crippen molar-refractivity contribution in [2.45, 2.75) is 24.7 Å². The minimum Gasteiger partial charge on any atom is -0.340 e. The van der Waals surface area contributed by atoms with Crippen LogP contribution < -0.4 is 5.73 Å². The molecule has 1 aliphatic carbocycles. The molecule has 0 spiro atoms. The molecule has 92 valence electrons. The Hall–Kier alpha value is -2.02. The SMILES string of the molecule is NCC1(c2nnc3c4[nH]cnc4ncn23)CCC1. The Bertz CT molecular complexity index is 716. The van der Waals surface area contributed by atoms with Gasteiger partial charge in [-0.3, -0.25) is 4.40 Å². The zero-order valence-electron chi connectivity index (χ0n) is 9.80. The monoisotopic (exact) mass is 243 g/mol. The first kappa shape index (κ1) is 9.95. The first-order valence-corrected chi connectivity index (χ1v) is 6.07. The lowest BCUT2D eigenvalue weighted by Gasteiger charge is -2.38. The molecule has 0 atom stereocenters. The maximum Gasteiger partial charge on any atom is 0.189 e. The van der Waals surface area contributed by atoms with Crippen LogP contribution in [0.25, 0.3) is 16.8 Å². The van der Waals surface area contributed by atoms with Crippen LogP contribution in [0.2, 0.25) is 0 Å². The van der Waals surface area contributed by atoms with Crippen LogP contribution in [0.15, 0.2) is 12.7 Å². The van der Waals surface area contributed by atoms with Gasteiger partial charge in [-0.2, -0.15) is 0 Å². The summed E-state index contributed by atoms with van der Waals surface area (Å²) < 4.78 is 1.94. The minimum absolute atomic E-state index is 0.0191. The molecule has 3 aromatic heterocycles. The van der Waals surface area contributed by atoms with Crippen LogP contribution in [0, 0.1) is 0 Å². The second-order valence-corrected chi connectivity index (χ2v) is 4.90. The Kier molecular flexibility index (Phi) is 1.80. The second kappa shape index (κ2) is 3.26. The number of aromatic nitrogens is 6. The molecule has 4 rings (SSSR count). The second-order valence-electron chi connectivity index (χ2n) is 4.90. The number of aromatic amines is 1. The van der Waals surface area contributed by atoms with E-state index < -0.39 is 0 Å². The van der Waals surface area contributed by atoms with E-state index in [2.05, 4.69) is 25.1 Å². The fourth-order valence-electron chi connectivity index (χ4n) is 2.72. The summed E-state index contributed by atoms with van der Waals surface area (Å²) >= 11 is 0. The Morgan fingerprint density at radius 3 is 2.94 bits per heavy atom. The van der Waals surface area contributed by atoms with Crippen molar-refractivity contribution >= 4 is 16.8 Å². The average Bonchev–Trinajstić information content (AvgIpc) is 2.93. The van der Waals surface area contributed by atoms with Gasteiger partial charge in [0.15, 0.2) is 11.3 Å². The van der Waals surface area contributed by atoms with Gasteiger partial charge < -0.3 is 10.7 Å². The summed E-state index contributed by atoms with van der Waals surface area (Å²) in [7, 11) is 0. The standard InChI is InChI=1S/C11H13N7/c12-4-11(2-1-3-11)10-17-16-9-7-8(14-5-13-7)15-6-18(9)10/h5-6H,1-4,12H2,(H,13,14). The topological polar surface area (TPSA) is 97.8 Å². The minimum atomic E-state index is -0.0191. The first-order chi connectivity index (χ1) is 8.84. The number of H-pyrrole nitrogens is 1. The molecule has 3 aromatic rings. The van der Waals surface area contributed by atoms with Gasteiger partial charge in [0.25, 0.3) is 0 Å². The summed E-state index contributed by atoms with van der Waals surface area (Å²) in [4.78, 5) is 11.5. The molecule has 1 fully saturated rings. The summed E-state index contributed by atoms with van der Waals surface area (Å²) in [5, 5.41) is 8.60. The first-order valence-electron chi connectivity index (χ1n) is 6.07. The molecule has 0 amide bonds. The van der Waals surface area contributed by atoms with Gasteiger partial charge in [0, 0.05) is 12.0 Å². The van der Waals surface area contributed by atoms with E-state index >= 15 is 0 Å². The van der Waals surface area contributed by atoms with Gasteiger partial charge in [0.1, 0.15) is 17.7 Å². The van der Waals surface area contributed by atoms with Crippen LogP contribution in [0.3, 0.4) is 0 Å². The van der Waals surface area contributed by atoms with Crippen LogP contribution in [-0.4, -0.2) is 36.1 Å².